The molecular weight excluding hydrogens is 324 g/mol. The first kappa shape index (κ1) is 15.0. The van der Waals surface area contributed by atoms with Crippen molar-refractivity contribution < 1.29 is 0 Å². The van der Waals surface area contributed by atoms with Gasteiger partial charge in [0.25, 0.3) is 0 Å². The Bertz CT molecular complexity index is 611. The molecule has 1 saturated carbocycles. The fourth-order valence-corrected chi connectivity index (χ4v) is 3.74. The van der Waals surface area contributed by atoms with Crippen LogP contribution in [0, 0.1) is 5.92 Å². The van der Waals surface area contributed by atoms with Crippen LogP contribution in [0.4, 0.5) is 0 Å². The Kier molecular flexibility index (Phi) is 4.91. The molecule has 0 aliphatic heterocycles. The van der Waals surface area contributed by atoms with Crippen LogP contribution in [-0.2, 0) is 6.54 Å². The van der Waals surface area contributed by atoms with Gasteiger partial charge in [0, 0.05) is 28.6 Å². The summed E-state index contributed by atoms with van der Waals surface area (Å²) in [4.78, 5) is 4.57. The number of hydrogen-bond donors (Lipinski definition) is 1. The zero-order valence-electron chi connectivity index (χ0n) is 12.6. The maximum atomic E-state index is 4.57. The Morgan fingerprint density at radius 1 is 1.19 bits per heavy atom. The fraction of sp³-hybridized carbons (Fsp3) is 0.500. The molecule has 0 bridgehead atoms. The number of hydrogen-bond acceptors (Lipinski definition) is 2. The predicted octanol–water partition coefficient (Wildman–Crippen LogP) is 5.06. The summed E-state index contributed by atoms with van der Waals surface area (Å²) in [5, 5.41) is 4.95. The zero-order valence-corrected chi connectivity index (χ0v) is 14.2. The molecule has 2 aromatic rings. The summed E-state index contributed by atoms with van der Waals surface area (Å²) in [6.45, 7) is 3.30. The number of benzene rings is 1. The minimum Gasteiger partial charge on any atom is -0.310 e. The van der Waals surface area contributed by atoms with E-state index < -0.39 is 0 Å². The van der Waals surface area contributed by atoms with E-state index >= 15 is 0 Å². The molecule has 0 amide bonds. The monoisotopic (exact) mass is 346 g/mol. The molecule has 2 nitrogen and oxygen atoms in total. The van der Waals surface area contributed by atoms with Gasteiger partial charge in [-0.15, -0.1) is 0 Å². The van der Waals surface area contributed by atoms with Gasteiger partial charge in [-0.3, -0.25) is 4.98 Å². The molecule has 1 N–H and O–H groups in total. The molecule has 112 valence electrons. The van der Waals surface area contributed by atoms with E-state index in [1.165, 1.54) is 43.1 Å². The Morgan fingerprint density at radius 3 is 3.00 bits per heavy atom. The Morgan fingerprint density at radius 2 is 2.10 bits per heavy atom. The van der Waals surface area contributed by atoms with Crippen molar-refractivity contribution in [3.05, 3.63) is 40.5 Å². The first-order valence-electron chi connectivity index (χ1n) is 7.99. The lowest BCUT2D eigenvalue weighted by Gasteiger charge is -2.17. The van der Waals surface area contributed by atoms with Crippen LogP contribution in [0.3, 0.4) is 0 Å². The molecule has 1 fully saturated rings. The van der Waals surface area contributed by atoms with Crippen LogP contribution in [0.1, 0.15) is 44.6 Å². The second-order valence-electron chi connectivity index (χ2n) is 6.30. The standard InChI is InChI=1S/C18H23BrN2/c1-13-4-2-5-15(9-7-13)21-12-14-8-10-17(19)16-6-3-11-20-18(14)16/h3,6,8,10-11,13,15,21H,2,4-5,7,9,12H2,1H3. The lowest BCUT2D eigenvalue weighted by molar-refractivity contribution is 0.448. The van der Waals surface area contributed by atoms with Gasteiger partial charge in [0.2, 0.25) is 0 Å². The number of nitrogens with zero attached hydrogens (tertiary/aromatic N) is 1. The maximum Gasteiger partial charge on any atom is 0.0758 e. The van der Waals surface area contributed by atoms with Crippen molar-refractivity contribution in [1.29, 1.82) is 0 Å². The second-order valence-corrected chi connectivity index (χ2v) is 7.15. The zero-order chi connectivity index (χ0) is 14.7. The summed E-state index contributed by atoms with van der Waals surface area (Å²) >= 11 is 3.62. The molecule has 2 unspecified atom stereocenters. The lowest BCUT2D eigenvalue weighted by atomic mass is 10.0. The Labute approximate surface area is 135 Å². The van der Waals surface area contributed by atoms with Crippen molar-refractivity contribution in [2.24, 2.45) is 5.92 Å². The van der Waals surface area contributed by atoms with Gasteiger partial charge in [-0.2, -0.15) is 0 Å². The van der Waals surface area contributed by atoms with Crippen LogP contribution >= 0.6 is 15.9 Å². The third kappa shape index (κ3) is 3.64. The van der Waals surface area contributed by atoms with Crippen LogP contribution < -0.4 is 5.32 Å². The molecule has 1 heterocycles. The van der Waals surface area contributed by atoms with Crippen LogP contribution in [0.5, 0.6) is 0 Å². The van der Waals surface area contributed by atoms with Crippen molar-refractivity contribution in [3.63, 3.8) is 0 Å². The molecule has 0 spiro atoms. The third-order valence-electron chi connectivity index (χ3n) is 4.64. The van der Waals surface area contributed by atoms with Gasteiger partial charge in [0.1, 0.15) is 0 Å². The van der Waals surface area contributed by atoms with Gasteiger partial charge >= 0.3 is 0 Å². The van der Waals surface area contributed by atoms with E-state index in [2.05, 4.69) is 51.4 Å². The van der Waals surface area contributed by atoms with E-state index in [1.807, 2.05) is 12.3 Å². The molecule has 0 saturated heterocycles. The topological polar surface area (TPSA) is 24.9 Å². The van der Waals surface area contributed by atoms with Gasteiger partial charge in [0.15, 0.2) is 0 Å². The van der Waals surface area contributed by atoms with Crippen LogP contribution in [-0.4, -0.2) is 11.0 Å². The van der Waals surface area contributed by atoms with Crippen LogP contribution in [0.2, 0.25) is 0 Å². The largest absolute Gasteiger partial charge is 0.310 e. The van der Waals surface area contributed by atoms with Crippen LogP contribution in [0.15, 0.2) is 34.9 Å². The van der Waals surface area contributed by atoms with E-state index in [-0.39, 0.29) is 0 Å². The minimum atomic E-state index is 0.664. The molecule has 21 heavy (non-hydrogen) atoms. The van der Waals surface area contributed by atoms with Gasteiger partial charge in [-0.25, -0.2) is 0 Å². The number of rotatable bonds is 3. The number of aromatic nitrogens is 1. The van der Waals surface area contributed by atoms with Crippen molar-refractivity contribution in [2.75, 3.05) is 0 Å². The van der Waals surface area contributed by atoms with Gasteiger partial charge in [-0.05, 0) is 42.9 Å². The second kappa shape index (κ2) is 6.89. The normalized spacial score (nSPS) is 23.1. The van der Waals surface area contributed by atoms with Crippen molar-refractivity contribution >= 4 is 26.8 Å². The van der Waals surface area contributed by atoms with Gasteiger partial charge in [-0.1, -0.05) is 47.8 Å². The number of fused-ring (bicyclic) bond motifs is 1. The summed E-state index contributed by atoms with van der Waals surface area (Å²) in [7, 11) is 0. The fourth-order valence-electron chi connectivity index (χ4n) is 3.28. The minimum absolute atomic E-state index is 0.664. The Balaban J connectivity index is 1.72. The van der Waals surface area contributed by atoms with Gasteiger partial charge in [0.05, 0.1) is 5.52 Å². The number of halogens is 1. The highest BCUT2D eigenvalue weighted by Gasteiger charge is 2.16. The Hall–Kier alpha value is -0.930. The smallest absolute Gasteiger partial charge is 0.0758 e. The summed E-state index contributed by atoms with van der Waals surface area (Å²) < 4.78 is 1.12. The number of pyridine rings is 1. The first-order valence-corrected chi connectivity index (χ1v) is 8.79. The lowest BCUT2D eigenvalue weighted by Crippen LogP contribution is -2.28. The van der Waals surface area contributed by atoms with E-state index in [9.17, 15) is 0 Å². The molecule has 2 atom stereocenters. The van der Waals surface area contributed by atoms with Crippen LogP contribution in [0.25, 0.3) is 10.9 Å². The SMILES string of the molecule is CC1CCCC(NCc2ccc(Br)c3cccnc23)CC1. The van der Waals surface area contributed by atoms with E-state index in [0.717, 1.165) is 22.5 Å². The third-order valence-corrected chi connectivity index (χ3v) is 5.33. The summed E-state index contributed by atoms with van der Waals surface area (Å²) in [5.41, 5.74) is 2.41. The number of nitrogens with one attached hydrogen (secondary N) is 1. The summed E-state index contributed by atoms with van der Waals surface area (Å²) in [6, 6.07) is 9.11. The molecule has 0 radical (unpaired) electrons. The average Bonchev–Trinajstić information content (AvgIpc) is 2.72. The van der Waals surface area contributed by atoms with E-state index in [1.54, 1.807) is 0 Å². The molecule has 3 heteroatoms. The molecule has 1 aliphatic rings. The predicted molar refractivity (Wildman–Crippen MR) is 92.3 cm³/mol. The van der Waals surface area contributed by atoms with Crippen molar-refractivity contribution in [3.8, 4) is 0 Å². The van der Waals surface area contributed by atoms with Crippen molar-refractivity contribution in [1.82, 2.24) is 10.3 Å². The summed E-state index contributed by atoms with van der Waals surface area (Å²) in [6.07, 6.45) is 8.61. The molecule has 3 rings (SSSR count). The van der Waals surface area contributed by atoms with Gasteiger partial charge < -0.3 is 5.32 Å². The van der Waals surface area contributed by atoms with Crippen molar-refractivity contribution in [2.45, 2.75) is 51.6 Å². The highest BCUT2D eigenvalue weighted by Crippen LogP contribution is 2.26. The highest BCUT2D eigenvalue weighted by atomic mass is 79.9. The molecule has 1 aromatic carbocycles. The highest BCUT2D eigenvalue weighted by molar-refractivity contribution is 9.10. The average molecular weight is 347 g/mol. The molecule has 1 aliphatic carbocycles. The quantitative estimate of drug-likeness (QED) is 0.786. The van der Waals surface area contributed by atoms with E-state index in [4.69, 9.17) is 0 Å². The summed E-state index contributed by atoms with van der Waals surface area (Å²) in [5.74, 6) is 0.895. The van der Waals surface area contributed by atoms with E-state index in [0.29, 0.717) is 6.04 Å². The molecular formula is C18H23BrN2. The first-order chi connectivity index (χ1) is 10.2. The maximum absolute atomic E-state index is 4.57. The molecule has 1 aromatic heterocycles.